The van der Waals surface area contributed by atoms with Crippen LogP contribution in [0.25, 0.3) is 11.0 Å². The van der Waals surface area contributed by atoms with Crippen LogP contribution in [-0.2, 0) is 20.1 Å². The number of aromatic nitrogens is 4. The lowest BCUT2D eigenvalue weighted by molar-refractivity contribution is -0.654. The second-order valence-electron chi connectivity index (χ2n) is 6.04. The molecule has 0 bridgehead atoms. The van der Waals surface area contributed by atoms with E-state index in [0.29, 0.717) is 6.54 Å². The van der Waals surface area contributed by atoms with E-state index < -0.39 is 11.9 Å². The lowest BCUT2D eigenvalue weighted by Gasteiger charge is -2.07. The van der Waals surface area contributed by atoms with Gasteiger partial charge in [0.15, 0.2) is 33.5 Å². The fourth-order valence-corrected chi connectivity index (χ4v) is 3.16. The average molecular weight is 405 g/mol. The van der Waals surface area contributed by atoms with Crippen molar-refractivity contribution in [3.63, 3.8) is 0 Å². The van der Waals surface area contributed by atoms with Gasteiger partial charge in [0.1, 0.15) is 6.54 Å². The number of nitrogens with zero attached hydrogens (tertiary/aromatic N) is 4. The molecule has 28 heavy (non-hydrogen) atoms. The molecule has 0 unspecified atom stereocenters. The molecule has 0 aliphatic heterocycles. The lowest BCUT2D eigenvalue weighted by Crippen LogP contribution is -2.38. The van der Waals surface area contributed by atoms with Gasteiger partial charge < -0.3 is 21.9 Å². The minimum absolute atomic E-state index is 0.0533. The SMILES string of the molecule is CCn1c(CNC(=O)c2nc(Cl)c(N)nc2N)[n+](C)c2ccc(C(=O)O)cc21. The van der Waals surface area contributed by atoms with E-state index in [-0.39, 0.29) is 34.6 Å². The van der Waals surface area contributed by atoms with Crippen LogP contribution in [0.1, 0.15) is 33.6 Å². The van der Waals surface area contributed by atoms with Crippen LogP contribution in [0.15, 0.2) is 18.2 Å². The van der Waals surface area contributed by atoms with Gasteiger partial charge in [-0.25, -0.2) is 23.9 Å². The maximum absolute atomic E-state index is 12.5. The van der Waals surface area contributed by atoms with Crippen molar-refractivity contribution < 1.29 is 19.3 Å². The maximum Gasteiger partial charge on any atom is 0.335 e. The number of nitrogen functional groups attached to an aromatic ring is 2. The Bertz CT molecular complexity index is 1110. The number of rotatable bonds is 5. The van der Waals surface area contributed by atoms with E-state index in [0.717, 1.165) is 16.9 Å². The van der Waals surface area contributed by atoms with E-state index >= 15 is 0 Å². The lowest BCUT2D eigenvalue weighted by atomic mass is 10.2. The van der Waals surface area contributed by atoms with Gasteiger partial charge in [0.25, 0.3) is 11.7 Å². The molecule has 0 saturated carbocycles. The average Bonchev–Trinajstić information content (AvgIpc) is 2.93. The van der Waals surface area contributed by atoms with Crippen LogP contribution in [0.4, 0.5) is 11.6 Å². The van der Waals surface area contributed by atoms with Gasteiger partial charge in [0, 0.05) is 6.07 Å². The number of aryl methyl sites for hydroxylation is 2. The summed E-state index contributed by atoms with van der Waals surface area (Å²) in [6.45, 7) is 2.67. The Morgan fingerprint density at radius 2 is 2.00 bits per heavy atom. The summed E-state index contributed by atoms with van der Waals surface area (Å²) in [5, 5.41) is 11.9. The van der Waals surface area contributed by atoms with Crippen LogP contribution in [0.3, 0.4) is 0 Å². The molecule has 1 amide bonds. The normalized spacial score (nSPS) is 11.0. The van der Waals surface area contributed by atoms with Crippen molar-refractivity contribution in [1.82, 2.24) is 19.9 Å². The number of nitrogens with two attached hydrogens (primary N) is 2. The molecule has 0 saturated heterocycles. The number of amides is 1. The van der Waals surface area contributed by atoms with Crippen molar-refractivity contribution in [1.29, 1.82) is 0 Å². The molecule has 0 fully saturated rings. The van der Waals surface area contributed by atoms with Crippen molar-refractivity contribution in [2.24, 2.45) is 7.05 Å². The standard InChI is InChI=1S/C17H18ClN7O3/c1-3-25-10-6-8(17(27)28)4-5-9(10)24(2)11(25)7-21-16(26)12-14(19)23-15(20)13(18)22-12/h4-6H,3,7H2,1-2H3,(H5-,19,20,21,23,26,27,28)/p+1. The third-order valence-corrected chi connectivity index (χ3v) is 4.69. The summed E-state index contributed by atoms with van der Waals surface area (Å²) in [5.74, 6) is -0.960. The molecule has 3 aromatic rings. The molecule has 11 heteroatoms. The number of benzene rings is 1. The van der Waals surface area contributed by atoms with Crippen molar-refractivity contribution in [3.05, 3.63) is 40.4 Å². The Kier molecular flexibility index (Phi) is 5.06. The number of hydrogen-bond donors (Lipinski definition) is 4. The molecule has 2 aromatic heterocycles. The highest BCUT2D eigenvalue weighted by atomic mass is 35.5. The number of halogens is 1. The zero-order valence-corrected chi connectivity index (χ0v) is 16.0. The van der Waals surface area contributed by atoms with Crippen LogP contribution in [-0.4, -0.2) is 31.5 Å². The first-order valence-corrected chi connectivity index (χ1v) is 8.73. The molecule has 0 atom stereocenters. The van der Waals surface area contributed by atoms with Gasteiger partial charge in [0.2, 0.25) is 0 Å². The van der Waals surface area contributed by atoms with E-state index in [1.807, 2.05) is 23.1 Å². The highest BCUT2D eigenvalue weighted by Crippen LogP contribution is 2.19. The number of carbonyl (C=O) groups is 2. The van der Waals surface area contributed by atoms with Crippen LogP contribution in [0, 0.1) is 0 Å². The van der Waals surface area contributed by atoms with Gasteiger partial charge in [-0.1, -0.05) is 11.6 Å². The second kappa shape index (κ2) is 7.31. The summed E-state index contributed by atoms with van der Waals surface area (Å²) in [4.78, 5) is 31.4. The summed E-state index contributed by atoms with van der Waals surface area (Å²) in [5.41, 5.74) is 12.9. The molecule has 10 nitrogen and oxygen atoms in total. The van der Waals surface area contributed by atoms with Gasteiger partial charge in [0.05, 0.1) is 19.2 Å². The van der Waals surface area contributed by atoms with E-state index in [2.05, 4.69) is 15.3 Å². The van der Waals surface area contributed by atoms with Gasteiger partial charge in [-0.15, -0.1) is 0 Å². The second-order valence-corrected chi connectivity index (χ2v) is 6.40. The molecule has 1 aromatic carbocycles. The summed E-state index contributed by atoms with van der Waals surface area (Å²) in [7, 11) is 1.84. The molecule has 2 heterocycles. The third-order valence-electron chi connectivity index (χ3n) is 4.42. The molecule has 0 aliphatic carbocycles. The molecular weight excluding hydrogens is 386 g/mol. The molecule has 0 radical (unpaired) electrons. The summed E-state index contributed by atoms with van der Waals surface area (Å²) >= 11 is 5.82. The Morgan fingerprint density at radius 3 is 2.64 bits per heavy atom. The highest BCUT2D eigenvalue weighted by Gasteiger charge is 2.24. The number of aromatic carboxylic acids is 1. The smallest absolute Gasteiger partial charge is 0.335 e. The molecule has 3 rings (SSSR count). The summed E-state index contributed by atoms with van der Waals surface area (Å²) in [6, 6.07) is 4.88. The van der Waals surface area contributed by atoms with Gasteiger partial charge in [-0.05, 0) is 19.1 Å². The quantitative estimate of drug-likeness (QED) is 0.457. The van der Waals surface area contributed by atoms with E-state index in [1.54, 1.807) is 18.2 Å². The van der Waals surface area contributed by atoms with Gasteiger partial charge >= 0.3 is 5.97 Å². The minimum Gasteiger partial charge on any atom is -0.478 e. The maximum atomic E-state index is 12.5. The third kappa shape index (κ3) is 3.29. The predicted octanol–water partition coefficient (Wildman–Crippen LogP) is 0.722. The fraction of sp³-hybridized carbons (Fsp3) is 0.235. The van der Waals surface area contributed by atoms with Crippen molar-refractivity contribution >= 4 is 46.1 Å². The topological polar surface area (TPSA) is 153 Å². The first-order chi connectivity index (χ1) is 13.2. The molecular formula is C17H19ClN7O3+. The number of carboxylic acid groups (broad SMARTS) is 1. The summed E-state index contributed by atoms with van der Waals surface area (Å²) in [6.07, 6.45) is 0. The van der Waals surface area contributed by atoms with Crippen LogP contribution >= 0.6 is 11.6 Å². The summed E-state index contributed by atoms with van der Waals surface area (Å²) < 4.78 is 3.81. The van der Waals surface area contributed by atoms with Crippen LogP contribution in [0.5, 0.6) is 0 Å². The van der Waals surface area contributed by atoms with Crippen LogP contribution < -0.4 is 21.4 Å². The van der Waals surface area contributed by atoms with Crippen molar-refractivity contribution in [3.8, 4) is 0 Å². The monoisotopic (exact) mass is 404 g/mol. The number of carbonyl (C=O) groups excluding carboxylic acids is 1. The van der Waals surface area contributed by atoms with Crippen molar-refractivity contribution in [2.45, 2.75) is 20.0 Å². The van der Waals surface area contributed by atoms with E-state index in [9.17, 15) is 14.7 Å². The first kappa shape index (κ1) is 19.4. The number of carboxylic acids is 1. The van der Waals surface area contributed by atoms with E-state index in [1.165, 1.54) is 0 Å². The molecule has 6 N–H and O–H groups in total. The Labute approximate surface area is 164 Å². The number of anilines is 2. The zero-order chi connectivity index (χ0) is 20.6. The molecule has 146 valence electrons. The molecule has 0 aliphatic rings. The van der Waals surface area contributed by atoms with Gasteiger partial charge in [-0.2, -0.15) is 0 Å². The Balaban J connectivity index is 1.94. The van der Waals surface area contributed by atoms with Crippen molar-refractivity contribution in [2.75, 3.05) is 11.5 Å². The van der Waals surface area contributed by atoms with Gasteiger partial charge in [-0.3, -0.25) is 4.79 Å². The number of nitrogens with one attached hydrogen (secondary N) is 1. The first-order valence-electron chi connectivity index (χ1n) is 8.35. The highest BCUT2D eigenvalue weighted by molar-refractivity contribution is 6.31. The largest absolute Gasteiger partial charge is 0.478 e. The Morgan fingerprint density at radius 1 is 1.29 bits per heavy atom. The number of hydrogen-bond acceptors (Lipinski definition) is 6. The molecule has 0 spiro atoms. The van der Waals surface area contributed by atoms with E-state index in [4.69, 9.17) is 23.1 Å². The number of fused-ring (bicyclic) bond motifs is 1. The predicted molar refractivity (Wildman–Crippen MR) is 103 cm³/mol. The number of imidazole rings is 1. The minimum atomic E-state index is -1.00. The Hall–Kier alpha value is -3.40. The fourth-order valence-electron chi connectivity index (χ4n) is 3.03. The van der Waals surface area contributed by atoms with Crippen LogP contribution in [0.2, 0.25) is 5.15 Å². The zero-order valence-electron chi connectivity index (χ0n) is 15.2.